The van der Waals surface area contributed by atoms with E-state index in [1.165, 1.54) is 41.7 Å². The minimum absolute atomic E-state index is 0.121. The number of carbonyl (C=O) groups excluding carboxylic acids is 2. The number of Topliss-reactive ketones (excluding diaryl/α,β-unsaturated/α-hetero) is 1. The molecule has 27 heavy (non-hydrogen) atoms. The van der Waals surface area contributed by atoms with Gasteiger partial charge in [0.05, 0.1) is 6.04 Å². The van der Waals surface area contributed by atoms with Crippen LogP contribution in [0.1, 0.15) is 22.0 Å². The van der Waals surface area contributed by atoms with Crippen molar-refractivity contribution in [1.29, 1.82) is 0 Å². The van der Waals surface area contributed by atoms with E-state index in [2.05, 4.69) is 5.32 Å². The van der Waals surface area contributed by atoms with Crippen LogP contribution in [0.25, 0.3) is 0 Å². The van der Waals surface area contributed by atoms with Gasteiger partial charge in [-0.15, -0.1) is 0 Å². The van der Waals surface area contributed by atoms with Crippen LogP contribution >= 0.6 is 0 Å². The van der Waals surface area contributed by atoms with E-state index >= 15 is 0 Å². The Hall–Kier alpha value is -2.94. The molecule has 1 saturated heterocycles. The molecule has 5 nitrogen and oxygen atoms in total. The Morgan fingerprint density at radius 2 is 1.63 bits per heavy atom. The highest BCUT2D eigenvalue weighted by molar-refractivity contribution is 6.00. The third kappa shape index (κ3) is 3.25. The highest BCUT2D eigenvalue weighted by atomic mass is 19.4. The van der Waals surface area contributed by atoms with Crippen molar-refractivity contribution in [3.63, 3.8) is 0 Å². The maximum Gasteiger partial charge on any atom is 0.437 e. The first kappa shape index (κ1) is 18.8. The van der Waals surface area contributed by atoms with Gasteiger partial charge >= 0.3 is 12.2 Å². The van der Waals surface area contributed by atoms with E-state index in [0.717, 1.165) is 12.1 Å². The molecule has 2 aromatic rings. The normalized spacial score (nSPS) is 25.4. The summed E-state index contributed by atoms with van der Waals surface area (Å²) in [4.78, 5) is 24.7. The van der Waals surface area contributed by atoms with Crippen LogP contribution in [-0.2, 0) is 0 Å². The van der Waals surface area contributed by atoms with Gasteiger partial charge < -0.3 is 15.7 Å². The summed E-state index contributed by atoms with van der Waals surface area (Å²) < 4.78 is 55.3. The second-order valence-electron chi connectivity index (χ2n) is 6.07. The molecule has 1 aliphatic heterocycles. The minimum Gasteiger partial charge on any atom is -0.363 e. The fraction of sp³-hybridized carbons (Fsp3) is 0.222. The second kappa shape index (κ2) is 6.66. The van der Waals surface area contributed by atoms with Gasteiger partial charge in [0.15, 0.2) is 5.78 Å². The Morgan fingerprint density at radius 1 is 1.04 bits per heavy atom. The van der Waals surface area contributed by atoms with Crippen LogP contribution in [0, 0.1) is 11.7 Å². The summed E-state index contributed by atoms with van der Waals surface area (Å²) in [6, 6.07) is 8.66. The van der Waals surface area contributed by atoms with Crippen LogP contribution in [0.4, 0.5) is 22.4 Å². The Morgan fingerprint density at radius 3 is 2.22 bits per heavy atom. The van der Waals surface area contributed by atoms with E-state index in [4.69, 9.17) is 0 Å². The summed E-state index contributed by atoms with van der Waals surface area (Å²) in [6.45, 7) is 0. The maximum absolute atomic E-state index is 14.2. The molecule has 2 aromatic carbocycles. The first-order chi connectivity index (χ1) is 12.6. The zero-order valence-electron chi connectivity index (χ0n) is 13.6. The number of alkyl halides is 3. The first-order valence-electron chi connectivity index (χ1n) is 7.86. The van der Waals surface area contributed by atoms with Gasteiger partial charge in [-0.05, 0) is 6.07 Å². The zero-order chi connectivity index (χ0) is 19.8. The number of nitrogens with one attached hydrogen (secondary N) is 2. The van der Waals surface area contributed by atoms with Crippen LogP contribution < -0.4 is 10.6 Å². The monoisotopic (exact) mass is 382 g/mol. The molecule has 0 spiro atoms. The van der Waals surface area contributed by atoms with Crippen LogP contribution in [0.5, 0.6) is 0 Å². The van der Waals surface area contributed by atoms with Gasteiger partial charge in [0.1, 0.15) is 11.7 Å². The lowest BCUT2D eigenvalue weighted by Gasteiger charge is -2.45. The number of benzene rings is 2. The molecule has 1 aliphatic rings. The number of hydrogen-bond donors (Lipinski definition) is 3. The molecule has 9 heteroatoms. The van der Waals surface area contributed by atoms with E-state index in [-0.39, 0.29) is 11.1 Å². The average molecular weight is 382 g/mol. The van der Waals surface area contributed by atoms with Crippen molar-refractivity contribution in [2.45, 2.75) is 17.9 Å². The molecule has 0 bridgehead atoms. The first-order valence-corrected chi connectivity index (χ1v) is 7.86. The molecule has 0 aliphatic carbocycles. The van der Waals surface area contributed by atoms with Gasteiger partial charge in [0.2, 0.25) is 5.72 Å². The number of ketones is 1. The summed E-state index contributed by atoms with van der Waals surface area (Å²) in [5, 5.41) is 13.9. The summed E-state index contributed by atoms with van der Waals surface area (Å²) in [5.74, 6) is -4.27. The summed E-state index contributed by atoms with van der Waals surface area (Å²) >= 11 is 0. The molecular weight excluding hydrogens is 368 g/mol. The van der Waals surface area contributed by atoms with Crippen molar-refractivity contribution in [2.24, 2.45) is 5.92 Å². The van der Waals surface area contributed by atoms with E-state index in [9.17, 15) is 32.3 Å². The third-order valence-corrected chi connectivity index (χ3v) is 4.39. The van der Waals surface area contributed by atoms with Crippen LogP contribution in [0.3, 0.4) is 0 Å². The fourth-order valence-electron chi connectivity index (χ4n) is 3.11. The molecule has 0 saturated carbocycles. The Labute approximate surface area is 151 Å². The smallest absolute Gasteiger partial charge is 0.363 e. The Kier molecular flexibility index (Phi) is 4.64. The van der Waals surface area contributed by atoms with Gasteiger partial charge in [-0.1, -0.05) is 48.5 Å². The number of rotatable bonds is 3. The largest absolute Gasteiger partial charge is 0.437 e. The van der Waals surface area contributed by atoms with Crippen molar-refractivity contribution < 1.29 is 32.3 Å². The Balaban J connectivity index is 2.19. The van der Waals surface area contributed by atoms with Crippen LogP contribution in [-0.4, -0.2) is 28.8 Å². The molecular formula is C18H14F4N2O3. The second-order valence-corrected chi connectivity index (χ2v) is 6.07. The molecule has 0 radical (unpaired) electrons. The molecule has 0 unspecified atom stereocenters. The summed E-state index contributed by atoms with van der Waals surface area (Å²) in [6.07, 6.45) is -5.39. The minimum atomic E-state index is -5.39. The van der Waals surface area contributed by atoms with Crippen molar-refractivity contribution >= 4 is 11.8 Å². The standard InChI is InChI=1S/C18H14F4N2O3/c19-12-9-5-4-8-11(12)14-13(15(25)10-6-2-1-3-7-10)17(27,18(20,21)22)24-16(26)23-14/h1-9,13-14,27H,(H2,23,24,26)/t13-,14+,17+/m1/s1. The molecule has 3 atom stereocenters. The molecule has 0 aromatic heterocycles. The number of amides is 2. The highest BCUT2D eigenvalue weighted by Gasteiger charge is 2.66. The maximum atomic E-state index is 14.2. The SMILES string of the molecule is O=C1N[C@@H](c2ccccc2F)[C@H](C(=O)c2ccccc2)[C@](O)(C(F)(F)F)N1. The lowest BCUT2D eigenvalue weighted by atomic mass is 9.77. The molecule has 3 N–H and O–H groups in total. The van der Waals surface area contributed by atoms with Gasteiger partial charge in [-0.3, -0.25) is 4.79 Å². The topological polar surface area (TPSA) is 78.4 Å². The number of urea groups is 1. The van der Waals surface area contributed by atoms with Gasteiger partial charge in [-0.25, -0.2) is 9.18 Å². The van der Waals surface area contributed by atoms with Crippen LogP contribution in [0.15, 0.2) is 54.6 Å². The summed E-state index contributed by atoms with van der Waals surface area (Å²) in [5.41, 5.74) is -4.34. The highest BCUT2D eigenvalue weighted by Crippen LogP contribution is 2.44. The van der Waals surface area contributed by atoms with Gasteiger partial charge in [0.25, 0.3) is 0 Å². The Bertz CT molecular complexity index is 872. The van der Waals surface area contributed by atoms with Crippen molar-refractivity contribution in [3.8, 4) is 0 Å². The zero-order valence-corrected chi connectivity index (χ0v) is 13.6. The van der Waals surface area contributed by atoms with E-state index in [1.807, 2.05) is 0 Å². The molecule has 1 heterocycles. The van der Waals surface area contributed by atoms with E-state index < -0.39 is 41.5 Å². The van der Waals surface area contributed by atoms with Gasteiger partial charge in [0, 0.05) is 11.1 Å². The van der Waals surface area contributed by atoms with Gasteiger partial charge in [-0.2, -0.15) is 13.2 Å². The van der Waals surface area contributed by atoms with Crippen molar-refractivity contribution in [1.82, 2.24) is 10.6 Å². The molecule has 3 rings (SSSR count). The average Bonchev–Trinajstić information content (AvgIpc) is 2.61. The lowest BCUT2D eigenvalue weighted by molar-refractivity contribution is -0.287. The predicted octanol–water partition coefficient (Wildman–Crippen LogP) is 2.93. The fourth-order valence-corrected chi connectivity index (χ4v) is 3.11. The van der Waals surface area contributed by atoms with Crippen LogP contribution in [0.2, 0.25) is 0 Å². The number of aliphatic hydroxyl groups is 1. The predicted molar refractivity (Wildman–Crippen MR) is 86.1 cm³/mol. The lowest BCUT2D eigenvalue weighted by Crippen LogP contribution is -2.72. The van der Waals surface area contributed by atoms with E-state index in [0.29, 0.717) is 0 Å². The molecule has 1 fully saturated rings. The summed E-state index contributed by atoms with van der Waals surface area (Å²) in [7, 11) is 0. The van der Waals surface area contributed by atoms with Crippen molar-refractivity contribution in [3.05, 3.63) is 71.5 Å². The molecule has 142 valence electrons. The quantitative estimate of drug-likeness (QED) is 0.564. The van der Waals surface area contributed by atoms with E-state index in [1.54, 1.807) is 6.07 Å². The van der Waals surface area contributed by atoms with Crippen molar-refractivity contribution in [2.75, 3.05) is 0 Å². The number of hydrogen-bond acceptors (Lipinski definition) is 3. The third-order valence-electron chi connectivity index (χ3n) is 4.39. The number of carbonyl (C=O) groups is 2. The molecule has 2 amide bonds. The number of halogens is 4.